The van der Waals surface area contributed by atoms with Gasteiger partial charge in [-0.3, -0.25) is 9.59 Å². The Balaban J connectivity index is 0.00000364. The van der Waals surface area contributed by atoms with Crippen LogP contribution in [-0.2, 0) is 20.7 Å². The monoisotopic (exact) mass is 396 g/mol. The molecule has 1 aliphatic rings. The van der Waals surface area contributed by atoms with Crippen LogP contribution in [0.3, 0.4) is 0 Å². The summed E-state index contributed by atoms with van der Waals surface area (Å²) in [5, 5.41) is 6.33. The minimum Gasteiger partial charge on any atom is -0.466 e. The number of hydrogen-bond donors (Lipinski definition) is 2. The van der Waals surface area contributed by atoms with Crippen LogP contribution in [0.25, 0.3) is 0 Å². The fourth-order valence-electron chi connectivity index (χ4n) is 3.31. The van der Waals surface area contributed by atoms with Crippen LogP contribution in [0.2, 0.25) is 0 Å². The highest BCUT2D eigenvalue weighted by atomic mass is 35.5. The summed E-state index contributed by atoms with van der Waals surface area (Å²) in [6.07, 6.45) is 7.10. The van der Waals surface area contributed by atoms with Crippen LogP contribution in [0.4, 0.5) is 5.69 Å². The summed E-state index contributed by atoms with van der Waals surface area (Å²) in [5.41, 5.74) is 2.17. The third-order valence-corrected chi connectivity index (χ3v) is 4.88. The van der Waals surface area contributed by atoms with Crippen molar-refractivity contribution < 1.29 is 14.3 Å². The summed E-state index contributed by atoms with van der Waals surface area (Å²) in [4.78, 5) is 23.2. The number of hydrogen-bond acceptors (Lipinski definition) is 4. The van der Waals surface area contributed by atoms with Crippen LogP contribution in [0.1, 0.15) is 57.4 Å². The maximum absolute atomic E-state index is 12.0. The van der Waals surface area contributed by atoms with Gasteiger partial charge in [0, 0.05) is 18.5 Å². The van der Waals surface area contributed by atoms with Gasteiger partial charge in [0.05, 0.1) is 6.61 Å². The summed E-state index contributed by atoms with van der Waals surface area (Å²) in [7, 11) is 0. The van der Waals surface area contributed by atoms with E-state index in [0.29, 0.717) is 32.3 Å². The smallest absolute Gasteiger partial charge is 0.305 e. The number of amides is 1. The summed E-state index contributed by atoms with van der Waals surface area (Å²) in [6, 6.07) is 8.18. The maximum atomic E-state index is 12.0. The summed E-state index contributed by atoms with van der Waals surface area (Å²) in [5.74, 6) is 0.648. The van der Waals surface area contributed by atoms with E-state index in [0.717, 1.165) is 31.1 Å². The number of piperidine rings is 1. The second-order valence-electron chi connectivity index (χ2n) is 6.99. The largest absolute Gasteiger partial charge is 0.466 e. The number of esters is 1. The van der Waals surface area contributed by atoms with Gasteiger partial charge in [-0.1, -0.05) is 12.1 Å². The van der Waals surface area contributed by atoms with Gasteiger partial charge in [-0.15, -0.1) is 12.4 Å². The number of nitrogens with one attached hydrogen (secondary N) is 2. The fraction of sp³-hybridized carbons (Fsp3) is 0.619. The molecule has 27 heavy (non-hydrogen) atoms. The van der Waals surface area contributed by atoms with E-state index < -0.39 is 0 Å². The zero-order chi connectivity index (χ0) is 18.6. The Hall–Kier alpha value is -1.59. The van der Waals surface area contributed by atoms with E-state index in [2.05, 4.69) is 22.8 Å². The van der Waals surface area contributed by atoms with Crippen LogP contribution in [0.15, 0.2) is 24.3 Å². The van der Waals surface area contributed by atoms with Gasteiger partial charge in [-0.2, -0.15) is 0 Å². The number of rotatable bonds is 10. The molecule has 1 fully saturated rings. The molecule has 1 aromatic carbocycles. The molecule has 0 unspecified atom stereocenters. The van der Waals surface area contributed by atoms with Crippen LogP contribution in [-0.4, -0.2) is 31.6 Å². The lowest BCUT2D eigenvalue weighted by Crippen LogP contribution is -2.27. The van der Waals surface area contributed by atoms with Crippen molar-refractivity contribution in [2.45, 2.75) is 58.3 Å². The van der Waals surface area contributed by atoms with Gasteiger partial charge >= 0.3 is 5.97 Å². The number of anilines is 1. The van der Waals surface area contributed by atoms with Crippen molar-refractivity contribution in [3.05, 3.63) is 29.8 Å². The molecular weight excluding hydrogens is 364 g/mol. The average Bonchev–Trinajstić information content (AvgIpc) is 2.66. The lowest BCUT2D eigenvalue weighted by molar-refractivity contribution is -0.143. The highest BCUT2D eigenvalue weighted by Gasteiger charge is 2.12. The van der Waals surface area contributed by atoms with Gasteiger partial charge < -0.3 is 15.4 Å². The normalized spacial score (nSPS) is 14.3. The fourth-order valence-corrected chi connectivity index (χ4v) is 3.31. The molecule has 1 amide bonds. The molecule has 152 valence electrons. The molecule has 2 N–H and O–H groups in total. The van der Waals surface area contributed by atoms with Crippen molar-refractivity contribution in [3.8, 4) is 0 Å². The number of carbonyl (C=O) groups excluding carboxylic acids is 2. The minimum atomic E-state index is -0.187. The third-order valence-electron chi connectivity index (χ3n) is 4.88. The lowest BCUT2D eigenvalue weighted by atomic mass is 9.91. The Labute approximate surface area is 169 Å². The van der Waals surface area contributed by atoms with Crippen LogP contribution >= 0.6 is 12.4 Å². The van der Waals surface area contributed by atoms with Crippen molar-refractivity contribution in [1.29, 1.82) is 0 Å². The summed E-state index contributed by atoms with van der Waals surface area (Å²) >= 11 is 0. The summed E-state index contributed by atoms with van der Waals surface area (Å²) < 4.78 is 4.87. The quantitative estimate of drug-likeness (QED) is 0.461. The maximum Gasteiger partial charge on any atom is 0.305 e. The third kappa shape index (κ3) is 9.78. The molecule has 0 aromatic heterocycles. The molecule has 0 aliphatic carbocycles. The van der Waals surface area contributed by atoms with E-state index in [1.54, 1.807) is 6.92 Å². The highest BCUT2D eigenvalue weighted by Crippen LogP contribution is 2.19. The van der Waals surface area contributed by atoms with Gasteiger partial charge in [0.15, 0.2) is 0 Å². The van der Waals surface area contributed by atoms with E-state index in [1.165, 1.54) is 24.8 Å². The highest BCUT2D eigenvalue weighted by molar-refractivity contribution is 5.90. The Morgan fingerprint density at radius 1 is 1.11 bits per heavy atom. The summed E-state index contributed by atoms with van der Waals surface area (Å²) in [6.45, 7) is 4.50. The van der Waals surface area contributed by atoms with Crippen molar-refractivity contribution in [2.75, 3.05) is 25.0 Å². The molecular formula is C21H33ClN2O3. The van der Waals surface area contributed by atoms with E-state index in [4.69, 9.17) is 4.74 Å². The Morgan fingerprint density at radius 2 is 1.78 bits per heavy atom. The average molecular weight is 397 g/mol. The molecule has 1 saturated heterocycles. The van der Waals surface area contributed by atoms with E-state index in [9.17, 15) is 9.59 Å². The number of ether oxygens (including phenoxy) is 1. The van der Waals surface area contributed by atoms with Gasteiger partial charge in [-0.05, 0) is 82.2 Å². The standard InChI is InChI=1S/C21H32N2O3.ClH/c1-2-26-21(25)6-4-3-5-20(24)23-19-11-9-17(10-12-19)7-8-18-13-15-22-16-14-18;/h9-12,18,22H,2-8,13-16H2,1H3,(H,23,24);1H. The van der Waals surface area contributed by atoms with Crippen molar-refractivity contribution in [3.63, 3.8) is 0 Å². The second-order valence-corrected chi connectivity index (χ2v) is 6.99. The van der Waals surface area contributed by atoms with E-state index in [-0.39, 0.29) is 24.3 Å². The van der Waals surface area contributed by atoms with E-state index in [1.807, 2.05) is 12.1 Å². The second kappa shape index (κ2) is 13.6. The van der Waals surface area contributed by atoms with Gasteiger partial charge in [0.2, 0.25) is 5.91 Å². The predicted octanol–water partition coefficient (Wildman–Crippen LogP) is 4.10. The number of benzene rings is 1. The van der Waals surface area contributed by atoms with E-state index >= 15 is 0 Å². The number of halogens is 1. The molecule has 5 nitrogen and oxygen atoms in total. The Morgan fingerprint density at radius 3 is 2.44 bits per heavy atom. The molecule has 6 heteroatoms. The zero-order valence-electron chi connectivity index (χ0n) is 16.3. The Bertz CT molecular complexity index is 557. The van der Waals surface area contributed by atoms with Crippen molar-refractivity contribution >= 4 is 30.0 Å². The SMILES string of the molecule is CCOC(=O)CCCCC(=O)Nc1ccc(CCC2CCNCC2)cc1.Cl. The van der Waals surface area contributed by atoms with Crippen molar-refractivity contribution in [2.24, 2.45) is 5.92 Å². The molecule has 0 spiro atoms. The predicted molar refractivity (Wildman–Crippen MR) is 111 cm³/mol. The lowest BCUT2D eigenvalue weighted by Gasteiger charge is -2.22. The first kappa shape index (κ1) is 23.4. The first-order valence-electron chi connectivity index (χ1n) is 9.92. The molecule has 1 aliphatic heterocycles. The molecule has 0 saturated carbocycles. The molecule has 0 radical (unpaired) electrons. The molecule has 1 aromatic rings. The van der Waals surface area contributed by atoms with Crippen LogP contribution < -0.4 is 10.6 Å². The van der Waals surface area contributed by atoms with Gasteiger partial charge in [0.25, 0.3) is 0 Å². The van der Waals surface area contributed by atoms with Crippen LogP contribution in [0.5, 0.6) is 0 Å². The van der Waals surface area contributed by atoms with Gasteiger partial charge in [-0.25, -0.2) is 0 Å². The number of unbranched alkanes of at least 4 members (excludes halogenated alkanes) is 1. The number of aryl methyl sites for hydroxylation is 1. The van der Waals surface area contributed by atoms with Crippen LogP contribution in [0, 0.1) is 5.92 Å². The molecule has 2 rings (SSSR count). The topological polar surface area (TPSA) is 67.4 Å². The number of carbonyl (C=O) groups is 2. The molecule has 0 bridgehead atoms. The molecule has 1 heterocycles. The first-order chi connectivity index (χ1) is 12.7. The Kier molecular flexibility index (Phi) is 11.8. The van der Waals surface area contributed by atoms with Gasteiger partial charge in [0.1, 0.15) is 0 Å². The van der Waals surface area contributed by atoms with Crippen molar-refractivity contribution in [1.82, 2.24) is 5.32 Å². The first-order valence-corrected chi connectivity index (χ1v) is 9.92. The zero-order valence-corrected chi connectivity index (χ0v) is 17.1. The molecule has 0 atom stereocenters. The minimum absolute atomic E-state index is 0.